The van der Waals surface area contributed by atoms with E-state index >= 15 is 8.78 Å². The van der Waals surface area contributed by atoms with Crippen LogP contribution in [0, 0.1) is 23.0 Å². The van der Waals surface area contributed by atoms with E-state index in [4.69, 9.17) is 22.2 Å². The Bertz CT molecular complexity index is 2310. The molecule has 1 unspecified atom stereocenters. The van der Waals surface area contributed by atoms with Gasteiger partial charge in [-0.15, -0.1) is 0 Å². The number of anilines is 4. The van der Waals surface area contributed by atoms with Crippen LogP contribution < -0.4 is 30.5 Å². The highest BCUT2D eigenvalue weighted by Gasteiger charge is 2.51. The number of nitriles is 1. The maximum Gasteiger partial charge on any atom is 0.419 e. The van der Waals surface area contributed by atoms with E-state index in [0.717, 1.165) is 29.3 Å². The Balaban J connectivity index is 1.05. The Hall–Kier alpha value is -5.92. The van der Waals surface area contributed by atoms with Crippen LogP contribution in [0.25, 0.3) is 0 Å². The number of carbonyl (C=O) groups excluding carboxylic acids is 4. The van der Waals surface area contributed by atoms with Crippen molar-refractivity contribution in [2.24, 2.45) is 0 Å². The smallest absolute Gasteiger partial charge is 0.419 e. The molecule has 3 saturated heterocycles. The third-order valence-electron chi connectivity index (χ3n) is 10.3. The van der Waals surface area contributed by atoms with Crippen molar-refractivity contribution in [2.45, 2.75) is 57.3 Å². The molecule has 4 heterocycles. The fraction of sp³-hybridized carbons (Fsp3) is 0.410. The molecule has 6 rings (SSSR count). The monoisotopic (exact) mass is 877 g/mol. The Kier molecular flexibility index (Phi) is 12.6. The topological polar surface area (TPSA) is 163 Å². The minimum absolute atomic E-state index is 0.0237. The number of hydrogen-bond acceptors (Lipinski definition) is 11. The van der Waals surface area contributed by atoms with Crippen LogP contribution in [-0.2, 0) is 31.3 Å². The van der Waals surface area contributed by atoms with Crippen molar-refractivity contribution in [3.8, 4) is 11.8 Å². The molecule has 0 radical (unpaired) electrons. The molecule has 0 saturated carbocycles. The zero-order valence-electron chi connectivity index (χ0n) is 32.8. The summed E-state index contributed by atoms with van der Waals surface area (Å²) in [5.74, 6) is -8.61. The van der Waals surface area contributed by atoms with Gasteiger partial charge in [-0.05, 0) is 62.8 Å². The van der Waals surface area contributed by atoms with E-state index in [-0.39, 0.29) is 53.9 Å². The number of alkyl halides is 5. The van der Waals surface area contributed by atoms with Crippen molar-refractivity contribution >= 4 is 63.7 Å². The van der Waals surface area contributed by atoms with Gasteiger partial charge in [0.25, 0.3) is 11.8 Å². The van der Waals surface area contributed by atoms with Crippen molar-refractivity contribution in [3.63, 3.8) is 0 Å². The Labute approximate surface area is 349 Å². The molecule has 3 aliphatic heterocycles. The summed E-state index contributed by atoms with van der Waals surface area (Å²) >= 11 is 5.52. The summed E-state index contributed by atoms with van der Waals surface area (Å²) in [6.45, 7) is 5.32. The summed E-state index contributed by atoms with van der Waals surface area (Å²) in [6, 6.07) is 6.84. The number of benzene rings is 2. The number of aromatic nitrogens is 1. The fourth-order valence-electron chi connectivity index (χ4n) is 7.11. The van der Waals surface area contributed by atoms with Gasteiger partial charge in [0.05, 0.1) is 35.2 Å². The van der Waals surface area contributed by atoms with Gasteiger partial charge in [-0.1, -0.05) is 0 Å². The van der Waals surface area contributed by atoms with Gasteiger partial charge in [-0.3, -0.25) is 39.2 Å². The molecule has 3 aliphatic rings. The van der Waals surface area contributed by atoms with Crippen molar-refractivity contribution in [1.82, 2.24) is 20.1 Å². The number of piperidine rings is 1. The second-order valence-electron chi connectivity index (χ2n) is 15.1. The van der Waals surface area contributed by atoms with Crippen LogP contribution in [0.1, 0.15) is 50.4 Å². The molecule has 22 heteroatoms. The minimum Gasteiger partial charge on any atom is -0.492 e. The first kappa shape index (κ1) is 44.6. The van der Waals surface area contributed by atoms with Crippen molar-refractivity contribution in [2.75, 3.05) is 66.3 Å². The maximum atomic E-state index is 15.1. The highest BCUT2D eigenvalue weighted by Crippen LogP contribution is 2.43. The number of carbonyl (C=O) groups is 4. The summed E-state index contributed by atoms with van der Waals surface area (Å²) in [5.41, 5.74) is -5.11. The van der Waals surface area contributed by atoms with E-state index in [2.05, 4.69) is 20.9 Å². The van der Waals surface area contributed by atoms with Gasteiger partial charge in [0.1, 0.15) is 30.0 Å². The van der Waals surface area contributed by atoms with Crippen LogP contribution in [0.4, 0.5) is 53.5 Å². The first-order chi connectivity index (χ1) is 28.6. The van der Waals surface area contributed by atoms with Gasteiger partial charge in [0.15, 0.2) is 22.4 Å². The Morgan fingerprint density at radius 2 is 1.69 bits per heavy atom. The molecule has 1 aromatic heterocycles. The molecule has 1 atom stereocenters. The molecule has 4 amide bonds. The lowest BCUT2D eigenvalue weighted by atomic mass is 10.0. The number of thiocarbonyl (C=S) groups is 1. The SMILES string of the molecule is CC(F)(F)c1cc(N2C(=S)N(c3cnc(C#N)c(C(F)(F)F)c3)C(=O)C2(C)C)ccc1OCCN1CCN(CC(=O)Nc2cc(NC3CCC(=O)NC3=O)cc(F)c2F)CC1. The number of imide groups is 1. The fourth-order valence-corrected chi connectivity index (χ4v) is 7.63. The molecular weight excluding hydrogens is 840 g/mol. The van der Waals surface area contributed by atoms with Gasteiger partial charge in [0, 0.05) is 63.5 Å². The lowest BCUT2D eigenvalue weighted by Gasteiger charge is -2.34. The normalized spacial score (nSPS) is 18.9. The molecule has 3 aromatic rings. The van der Waals surface area contributed by atoms with Gasteiger partial charge in [-0.2, -0.15) is 18.4 Å². The number of ether oxygens (including phenoxy) is 1. The molecule has 3 N–H and O–H groups in total. The quantitative estimate of drug-likeness (QED) is 0.125. The average molecular weight is 878 g/mol. The van der Waals surface area contributed by atoms with Crippen LogP contribution >= 0.6 is 12.2 Å². The van der Waals surface area contributed by atoms with Gasteiger partial charge < -0.3 is 20.3 Å². The first-order valence-corrected chi connectivity index (χ1v) is 19.1. The maximum absolute atomic E-state index is 15.1. The second kappa shape index (κ2) is 17.2. The second-order valence-corrected chi connectivity index (χ2v) is 15.4. The number of hydrogen-bond donors (Lipinski definition) is 3. The number of nitrogens with one attached hydrogen (secondary N) is 3. The van der Waals surface area contributed by atoms with E-state index in [1.54, 1.807) is 4.90 Å². The van der Waals surface area contributed by atoms with Crippen molar-refractivity contribution in [3.05, 3.63) is 71.1 Å². The van der Waals surface area contributed by atoms with Crippen LogP contribution in [0.5, 0.6) is 5.75 Å². The van der Waals surface area contributed by atoms with Crippen LogP contribution in [-0.4, -0.2) is 101 Å². The lowest BCUT2D eigenvalue weighted by molar-refractivity contribution is -0.138. The van der Waals surface area contributed by atoms with Crippen LogP contribution in [0.2, 0.25) is 0 Å². The largest absolute Gasteiger partial charge is 0.492 e. The van der Waals surface area contributed by atoms with Crippen molar-refractivity contribution in [1.29, 1.82) is 5.26 Å². The van der Waals surface area contributed by atoms with Gasteiger partial charge in [-0.25, -0.2) is 22.5 Å². The number of nitrogens with zero attached hydrogens (tertiary/aromatic N) is 6. The highest BCUT2D eigenvalue weighted by atomic mass is 32.1. The van der Waals surface area contributed by atoms with E-state index < -0.39 is 81.5 Å². The average Bonchev–Trinajstić information content (AvgIpc) is 3.36. The molecule has 0 bridgehead atoms. The lowest BCUT2D eigenvalue weighted by Crippen LogP contribution is -2.49. The van der Waals surface area contributed by atoms with Crippen molar-refractivity contribution < 1.29 is 54.6 Å². The van der Waals surface area contributed by atoms with Gasteiger partial charge in [0.2, 0.25) is 17.7 Å². The molecule has 61 heavy (non-hydrogen) atoms. The molecule has 324 valence electrons. The van der Waals surface area contributed by atoms with E-state index in [9.17, 15) is 41.1 Å². The summed E-state index contributed by atoms with van der Waals surface area (Å²) < 4.78 is 106. The molecule has 2 aromatic carbocycles. The minimum atomic E-state index is -4.97. The van der Waals surface area contributed by atoms with Crippen LogP contribution in [0.3, 0.4) is 0 Å². The standard InChI is InChI=1S/C39H38F7N9O5S/c1-37(2)35(59)54(23-17-24(39(44,45)46)29(18-47)48-19-23)36(61)55(37)22-4-6-30(25(16-22)38(3,42)43)60-13-12-52-8-10-53(11-9-52)20-32(57)50-28-15-21(14-26(40)33(28)41)49-27-5-7-31(56)51-34(27)58/h4,6,14-17,19,27,49H,5,7-13,20H2,1-3H3,(H,50,57)(H,51,56,58). The molecule has 3 fully saturated rings. The zero-order valence-corrected chi connectivity index (χ0v) is 33.6. The zero-order chi connectivity index (χ0) is 44.6. The van der Waals surface area contributed by atoms with E-state index in [1.807, 2.05) is 4.90 Å². The molecule has 14 nitrogen and oxygen atoms in total. The molecule has 0 spiro atoms. The number of pyridine rings is 1. The summed E-state index contributed by atoms with van der Waals surface area (Å²) in [5, 5.41) is 16.1. The van der Waals surface area contributed by atoms with Gasteiger partial charge >= 0.3 is 6.18 Å². The number of amides is 4. The van der Waals surface area contributed by atoms with E-state index in [0.29, 0.717) is 45.7 Å². The summed E-state index contributed by atoms with van der Waals surface area (Å²) in [4.78, 5) is 59.3. The van der Waals surface area contributed by atoms with Crippen LogP contribution in [0.15, 0.2) is 42.6 Å². The Morgan fingerprint density at radius 3 is 2.33 bits per heavy atom. The highest BCUT2D eigenvalue weighted by molar-refractivity contribution is 7.81. The number of piperazine rings is 1. The third kappa shape index (κ3) is 9.68. The summed E-state index contributed by atoms with van der Waals surface area (Å²) in [7, 11) is 0. The Morgan fingerprint density at radius 1 is 1.02 bits per heavy atom. The predicted octanol–water partition coefficient (Wildman–Crippen LogP) is 5.13. The van der Waals surface area contributed by atoms with E-state index in [1.165, 1.54) is 36.9 Å². The predicted molar refractivity (Wildman–Crippen MR) is 210 cm³/mol. The first-order valence-electron chi connectivity index (χ1n) is 18.7. The number of halogens is 7. The molecular formula is C39H38F7N9O5S. The summed E-state index contributed by atoms with van der Waals surface area (Å²) in [6.07, 6.45) is -3.86. The number of rotatable bonds is 12. The molecule has 0 aliphatic carbocycles. The third-order valence-corrected chi connectivity index (χ3v) is 10.6.